The highest BCUT2D eigenvalue weighted by atomic mass is 16.8. The molecule has 1 aliphatic heterocycles. The normalized spacial score (nSPS) is 17.6. The third-order valence-corrected chi connectivity index (χ3v) is 1.92. The van der Waals surface area contributed by atoms with Gasteiger partial charge in [0.05, 0.1) is 0 Å². The molecule has 0 radical (unpaired) electrons. The van der Waals surface area contributed by atoms with Gasteiger partial charge in [0, 0.05) is 0 Å². The first-order valence-electron chi connectivity index (χ1n) is 4.11. The highest BCUT2D eigenvalue weighted by molar-refractivity contribution is 5.60. The molecule has 0 amide bonds. The Balaban J connectivity index is 2.57. The Kier molecular flexibility index (Phi) is 2.42. The van der Waals surface area contributed by atoms with E-state index in [1.165, 1.54) is 5.59 Å². The Labute approximate surface area is 71.9 Å². The van der Waals surface area contributed by atoms with E-state index < -0.39 is 6.08 Å². The van der Waals surface area contributed by atoms with Crippen molar-refractivity contribution in [2.24, 2.45) is 5.10 Å². The third kappa shape index (κ3) is 1.79. The lowest BCUT2D eigenvalue weighted by atomic mass is 10.00. The molecule has 0 bridgehead atoms. The molecule has 0 spiro atoms. The Morgan fingerprint density at radius 1 is 1.67 bits per heavy atom. The van der Waals surface area contributed by atoms with Gasteiger partial charge in [-0.25, -0.2) is 0 Å². The second-order valence-corrected chi connectivity index (χ2v) is 3.50. The minimum atomic E-state index is -0.529. The first kappa shape index (κ1) is 9.12. The van der Waals surface area contributed by atoms with Crippen molar-refractivity contribution in [3.63, 3.8) is 0 Å². The summed E-state index contributed by atoms with van der Waals surface area (Å²) < 4.78 is 0. The zero-order valence-corrected chi connectivity index (χ0v) is 7.70. The average molecular weight is 173 g/mol. The lowest BCUT2D eigenvalue weighted by Crippen LogP contribution is -2.92. The largest absolute Gasteiger partial charge is 0.524 e. The molecule has 0 aromatic carbocycles. The van der Waals surface area contributed by atoms with Gasteiger partial charge in [0.2, 0.25) is 6.08 Å². The summed E-state index contributed by atoms with van der Waals surface area (Å²) in [4.78, 5) is 4.59. The second kappa shape index (κ2) is 3.18. The van der Waals surface area contributed by atoms with Crippen LogP contribution in [0.2, 0.25) is 0 Å². The summed E-state index contributed by atoms with van der Waals surface area (Å²) in [6.07, 6.45) is 1.50. The van der Waals surface area contributed by atoms with Crippen LogP contribution >= 0.6 is 0 Å². The lowest BCUT2D eigenvalue weighted by molar-refractivity contribution is -0.979. The molecule has 0 aliphatic carbocycles. The molecular formula is C7H15N3O2. The number of quaternary nitrogens is 1. The molecule has 0 aromatic heterocycles. The van der Waals surface area contributed by atoms with Crippen molar-refractivity contribution in [2.45, 2.75) is 39.2 Å². The monoisotopic (exact) mass is 173 g/mol. The van der Waals surface area contributed by atoms with Crippen LogP contribution in [0.5, 0.6) is 0 Å². The van der Waals surface area contributed by atoms with Crippen LogP contribution in [0, 0.1) is 0 Å². The fraction of sp³-hybridized carbons (Fsp3) is 0.857. The molecule has 1 aliphatic rings. The van der Waals surface area contributed by atoms with E-state index in [1.807, 2.05) is 13.8 Å². The van der Waals surface area contributed by atoms with Gasteiger partial charge in [0.1, 0.15) is 5.54 Å². The first-order chi connectivity index (χ1) is 5.56. The SMILES string of the molecule is CCCC(C)(C)N1N=C([O-])O[NH2+]1. The van der Waals surface area contributed by atoms with E-state index >= 15 is 0 Å². The summed E-state index contributed by atoms with van der Waals surface area (Å²) >= 11 is 0. The van der Waals surface area contributed by atoms with Crippen molar-refractivity contribution < 1.29 is 15.5 Å². The molecule has 0 fully saturated rings. The molecular weight excluding hydrogens is 158 g/mol. The smallest absolute Gasteiger partial charge is 0.228 e. The highest BCUT2D eigenvalue weighted by Crippen LogP contribution is 2.17. The summed E-state index contributed by atoms with van der Waals surface area (Å²) in [5, 5.41) is 15.9. The van der Waals surface area contributed by atoms with Crippen LogP contribution in [-0.2, 0) is 4.84 Å². The van der Waals surface area contributed by atoms with Crippen LogP contribution in [0.4, 0.5) is 0 Å². The topological polar surface area (TPSA) is 64.5 Å². The van der Waals surface area contributed by atoms with Gasteiger partial charge in [-0.2, -0.15) is 0 Å². The van der Waals surface area contributed by atoms with Crippen LogP contribution in [0.1, 0.15) is 33.6 Å². The van der Waals surface area contributed by atoms with Crippen molar-refractivity contribution >= 4 is 6.08 Å². The standard InChI is InChI=1S/C7H15N3O2/c1-4-5-7(2,3)10-8-6(11)12-9-10/h9H,4-5H2,1-3H3,(H,8,11). The van der Waals surface area contributed by atoms with Gasteiger partial charge in [-0.1, -0.05) is 13.3 Å². The maximum atomic E-state index is 10.6. The van der Waals surface area contributed by atoms with Crippen LogP contribution < -0.4 is 10.7 Å². The summed E-state index contributed by atoms with van der Waals surface area (Å²) in [5.41, 5.74) is 1.25. The van der Waals surface area contributed by atoms with Crippen molar-refractivity contribution in [3.8, 4) is 0 Å². The highest BCUT2D eigenvalue weighted by Gasteiger charge is 2.30. The van der Waals surface area contributed by atoms with Gasteiger partial charge in [0.15, 0.2) is 0 Å². The minimum absolute atomic E-state index is 0.124. The van der Waals surface area contributed by atoms with Crippen LogP contribution in [0.15, 0.2) is 5.10 Å². The second-order valence-electron chi connectivity index (χ2n) is 3.50. The molecule has 1 heterocycles. The average Bonchev–Trinajstić information content (AvgIpc) is 2.36. The molecule has 0 aromatic rings. The van der Waals surface area contributed by atoms with E-state index in [0.29, 0.717) is 0 Å². The number of hydrogen-bond donors (Lipinski definition) is 1. The van der Waals surface area contributed by atoms with Crippen molar-refractivity contribution in [1.82, 2.24) is 5.12 Å². The molecule has 5 heteroatoms. The first-order valence-corrected chi connectivity index (χ1v) is 4.11. The fourth-order valence-electron chi connectivity index (χ4n) is 1.23. The Morgan fingerprint density at radius 2 is 2.33 bits per heavy atom. The van der Waals surface area contributed by atoms with E-state index in [2.05, 4.69) is 16.9 Å². The molecule has 0 atom stereocenters. The molecule has 1 rings (SSSR count). The maximum absolute atomic E-state index is 10.6. The van der Waals surface area contributed by atoms with E-state index in [9.17, 15) is 5.11 Å². The summed E-state index contributed by atoms with van der Waals surface area (Å²) in [6, 6.07) is 0. The number of hydrogen-bond acceptors (Lipinski definition) is 4. The zero-order chi connectivity index (χ0) is 9.19. The molecule has 0 unspecified atom stereocenters. The Hall–Kier alpha value is -0.970. The van der Waals surface area contributed by atoms with E-state index in [-0.39, 0.29) is 5.54 Å². The number of hydrazone groups is 1. The summed E-state index contributed by atoms with van der Waals surface area (Å²) in [7, 11) is 0. The summed E-state index contributed by atoms with van der Waals surface area (Å²) in [5.74, 6) is 0. The quantitative estimate of drug-likeness (QED) is 0.552. The maximum Gasteiger partial charge on any atom is 0.228 e. The molecule has 5 nitrogen and oxygen atoms in total. The van der Waals surface area contributed by atoms with Crippen LogP contribution in [0.3, 0.4) is 0 Å². The number of nitrogens with two attached hydrogens (primary N) is 1. The molecule has 12 heavy (non-hydrogen) atoms. The predicted octanol–water partition coefficient (Wildman–Crippen LogP) is -1.08. The molecule has 0 saturated carbocycles. The molecule has 2 N–H and O–H groups in total. The summed E-state index contributed by atoms with van der Waals surface area (Å²) in [6.45, 7) is 6.15. The predicted molar refractivity (Wildman–Crippen MR) is 41.3 cm³/mol. The lowest BCUT2D eigenvalue weighted by Gasteiger charge is -2.28. The minimum Gasteiger partial charge on any atom is -0.524 e. The number of rotatable bonds is 3. The Bertz CT molecular complexity index is 191. The zero-order valence-electron chi connectivity index (χ0n) is 7.70. The van der Waals surface area contributed by atoms with Crippen LogP contribution in [0.25, 0.3) is 0 Å². The Morgan fingerprint density at radius 3 is 2.75 bits per heavy atom. The van der Waals surface area contributed by atoms with E-state index in [0.717, 1.165) is 12.8 Å². The van der Waals surface area contributed by atoms with Gasteiger partial charge in [-0.05, 0) is 20.3 Å². The van der Waals surface area contributed by atoms with Crippen LogP contribution in [-0.4, -0.2) is 16.7 Å². The van der Waals surface area contributed by atoms with E-state index in [4.69, 9.17) is 0 Å². The fourth-order valence-corrected chi connectivity index (χ4v) is 1.23. The molecule has 0 saturated heterocycles. The number of nitrogens with zero attached hydrogens (tertiary/aromatic N) is 2. The van der Waals surface area contributed by atoms with Gasteiger partial charge in [-0.3, -0.25) is 0 Å². The van der Waals surface area contributed by atoms with Crippen molar-refractivity contribution in [3.05, 3.63) is 0 Å². The van der Waals surface area contributed by atoms with Gasteiger partial charge in [0.25, 0.3) is 0 Å². The van der Waals surface area contributed by atoms with Gasteiger partial charge in [-0.15, -0.1) is 15.8 Å². The third-order valence-electron chi connectivity index (χ3n) is 1.92. The van der Waals surface area contributed by atoms with Crippen molar-refractivity contribution in [1.29, 1.82) is 0 Å². The van der Waals surface area contributed by atoms with E-state index in [1.54, 1.807) is 5.12 Å². The van der Waals surface area contributed by atoms with Gasteiger partial charge >= 0.3 is 0 Å². The van der Waals surface area contributed by atoms with Gasteiger partial charge < -0.3 is 9.94 Å². The molecule has 70 valence electrons. The van der Waals surface area contributed by atoms with Crippen molar-refractivity contribution in [2.75, 3.05) is 0 Å².